The number of benzene rings is 6. The quantitative estimate of drug-likeness (QED) is 0.144. The van der Waals surface area contributed by atoms with Gasteiger partial charge < -0.3 is 28.4 Å². The van der Waals surface area contributed by atoms with Gasteiger partial charge in [-0.15, -0.1) is 0 Å². The smallest absolute Gasteiger partial charge is 0.169 e. The first-order chi connectivity index (χ1) is 26.4. The Morgan fingerprint density at radius 3 is 0.778 bits per heavy atom. The highest BCUT2D eigenvalue weighted by Gasteiger charge is 2.23. The molecule has 9 heteroatoms. The number of nitrogens with zero attached hydrogens (tertiary/aromatic N) is 3. The molecule has 54 heavy (non-hydrogen) atoms. The molecular formula is C45H33N3O6. The van der Waals surface area contributed by atoms with Crippen molar-refractivity contribution in [1.29, 1.82) is 15.8 Å². The first-order valence-corrected chi connectivity index (χ1v) is 17.0. The van der Waals surface area contributed by atoms with Crippen LogP contribution in [-0.4, -0.2) is 21.3 Å². The first kappa shape index (κ1) is 35.0. The fourth-order valence-electron chi connectivity index (χ4n) is 6.43. The molecule has 9 nitrogen and oxygen atoms in total. The third kappa shape index (κ3) is 7.46. The van der Waals surface area contributed by atoms with Gasteiger partial charge in [0.2, 0.25) is 0 Å². The molecule has 0 fully saturated rings. The van der Waals surface area contributed by atoms with Crippen LogP contribution in [0.5, 0.6) is 51.7 Å². The number of fused-ring (bicyclic) bond motifs is 3. The van der Waals surface area contributed by atoms with Crippen LogP contribution in [0.15, 0.2) is 109 Å². The topological polar surface area (TPSA) is 127 Å². The van der Waals surface area contributed by atoms with Crippen LogP contribution in [0.2, 0.25) is 0 Å². The van der Waals surface area contributed by atoms with Gasteiger partial charge in [0, 0.05) is 0 Å². The van der Waals surface area contributed by atoms with Crippen molar-refractivity contribution < 1.29 is 28.4 Å². The minimum absolute atomic E-state index is 0.536. The molecule has 6 aromatic carbocycles. The Balaban J connectivity index is 1.37. The van der Waals surface area contributed by atoms with Crippen molar-refractivity contribution in [1.82, 2.24) is 0 Å². The van der Waals surface area contributed by atoms with Crippen LogP contribution in [0.25, 0.3) is 0 Å². The zero-order valence-corrected chi connectivity index (χ0v) is 29.8. The number of hydrogen-bond donors (Lipinski definition) is 0. The molecule has 0 unspecified atom stereocenters. The van der Waals surface area contributed by atoms with E-state index >= 15 is 0 Å². The van der Waals surface area contributed by atoms with Gasteiger partial charge in [0.25, 0.3) is 0 Å². The second-order valence-electron chi connectivity index (χ2n) is 12.6. The minimum atomic E-state index is 0.536. The average molecular weight is 712 g/mol. The Kier molecular flexibility index (Phi) is 10.0. The summed E-state index contributed by atoms with van der Waals surface area (Å²) in [4.78, 5) is 0. The largest absolute Gasteiger partial charge is 0.493 e. The van der Waals surface area contributed by atoms with E-state index in [2.05, 4.69) is 18.2 Å². The van der Waals surface area contributed by atoms with Gasteiger partial charge in [0.05, 0.1) is 56.2 Å². The SMILES string of the molecule is COc1cc2c(cc1Oc1ccc(C#N)cc1)Cc1cc(OC)c(Oc3ccc(C#N)cc3)cc1Cc1cc(OC)c(Oc3ccc(C#N)cc3)cc1C2. The van der Waals surface area contributed by atoms with E-state index in [1.54, 1.807) is 94.1 Å². The van der Waals surface area contributed by atoms with Crippen LogP contribution < -0.4 is 28.4 Å². The van der Waals surface area contributed by atoms with Gasteiger partial charge in [-0.05, 0) is 162 Å². The molecule has 0 amide bonds. The Morgan fingerprint density at radius 1 is 0.352 bits per heavy atom. The van der Waals surface area contributed by atoms with E-state index in [4.69, 9.17) is 28.4 Å². The fraction of sp³-hybridized carbons (Fsp3) is 0.133. The van der Waals surface area contributed by atoms with Crippen LogP contribution >= 0.6 is 0 Å². The standard InChI is InChI=1S/C45H33N3O6/c1-49-40-19-31-16-35-23-44(53-38-12-6-29(26-47)7-13-38)42(51-3)21-33(35)18-36-24-45(54-39-14-8-30(27-48)9-15-39)41(50-2)20-32(36)17-34(31)22-43(40)52-37-10-4-28(25-46)5-11-37/h4-15,19-24H,16-18H2,1-3H3. The van der Waals surface area contributed by atoms with E-state index in [9.17, 15) is 15.8 Å². The van der Waals surface area contributed by atoms with E-state index in [1.165, 1.54) is 0 Å². The molecular weight excluding hydrogens is 679 g/mol. The zero-order valence-electron chi connectivity index (χ0n) is 29.8. The van der Waals surface area contributed by atoms with Crippen molar-refractivity contribution in [2.45, 2.75) is 19.3 Å². The molecule has 264 valence electrons. The Hall–Kier alpha value is -7.41. The number of nitriles is 3. The molecule has 0 saturated heterocycles. The molecule has 1 aliphatic rings. The minimum Gasteiger partial charge on any atom is -0.493 e. The lowest BCUT2D eigenvalue weighted by Crippen LogP contribution is -2.02. The summed E-state index contributed by atoms with van der Waals surface area (Å²) in [5, 5.41) is 27.8. The maximum Gasteiger partial charge on any atom is 0.169 e. The number of hydrogen-bond acceptors (Lipinski definition) is 9. The summed E-state index contributed by atoms with van der Waals surface area (Å²) < 4.78 is 36.7. The molecule has 0 spiro atoms. The zero-order chi connectivity index (χ0) is 37.6. The van der Waals surface area contributed by atoms with Gasteiger partial charge >= 0.3 is 0 Å². The third-order valence-corrected chi connectivity index (χ3v) is 9.23. The van der Waals surface area contributed by atoms with E-state index in [-0.39, 0.29) is 0 Å². The number of methoxy groups -OCH3 is 3. The first-order valence-electron chi connectivity index (χ1n) is 17.0. The highest BCUT2D eigenvalue weighted by molar-refractivity contribution is 5.59. The predicted molar refractivity (Wildman–Crippen MR) is 201 cm³/mol. The van der Waals surface area contributed by atoms with E-state index in [1.807, 2.05) is 36.4 Å². The molecule has 7 rings (SSSR count). The van der Waals surface area contributed by atoms with Gasteiger partial charge in [-0.25, -0.2) is 0 Å². The van der Waals surface area contributed by atoms with Crippen molar-refractivity contribution in [2.24, 2.45) is 0 Å². The van der Waals surface area contributed by atoms with E-state index in [0.29, 0.717) is 87.7 Å². The second kappa shape index (κ2) is 15.5. The lowest BCUT2D eigenvalue weighted by atomic mass is 9.94. The normalized spacial score (nSPS) is 11.3. The van der Waals surface area contributed by atoms with Crippen LogP contribution in [0, 0.1) is 34.0 Å². The lowest BCUT2D eigenvalue weighted by molar-refractivity contribution is 0.377. The summed E-state index contributed by atoms with van der Waals surface area (Å²) in [6, 6.07) is 39.3. The lowest BCUT2D eigenvalue weighted by Gasteiger charge is -2.18. The molecule has 0 bridgehead atoms. The van der Waals surface area contributed by atoms with Crippen LogP contribution in [0.3, 0.4) is 0 Å². The molecule has 0 saturated carbocycles. The van der Waals surface area contributed by atoms with Gasteiger partial charge in [-0.1, -0.05) is 0 Å². The van der Waals surface area contributed by atoms with Gasteiger partial charge in [-0.2, -0.15) is 15.8 Å². The van der Waals surface area contributed by atoms with Gasteiger partial charge in [0.1, 0.15) is 17.2 Å². The van der Waals surface area contributed by atoms with Crippen molar-refractivity contribution in [3.05, 3.63) is 159 Å². The fourth-order valence-corrected chi connectivity index (χ4v) is 6.43. The number of rotatable bonds is 9. The molecule has 1 aliphatic carbocycles. The summed E-state index contributed by atoms with van der Waals surface area (Å²) in [6.45, 7) is 0. The highest BCUT2D eigenvalue weighted by Crippen LogP contribution is 2.43. The van der Waals surface area contributed by atoms with Crippen molar-refractivity contribution in [3.63, 3.8) is 0 Å². The maximum atomic E-state index is 9.28. The van der Waals surface area contributed by atoms with Crippen molar-refractivity contribution in [2.75, 3.05) is 21.3 Å². The Morgan fingerprint density at radius 2 is 0.574 bits per heavy atom. The summed E-state index contributed by atoms with van der Waals surface area (Å²) in [5.74, 6) is 5.01. The van der Waals surface area contributed by atoms with E-state index in [0.717, 1.165) is 33.4 Å². The molecule has 0 N–H and O–H groups in total. The third-order valence-electron chi connectivity index (χ3n) is 9.23. The molecule has 0 radical (unpaired) electrons. The Labute approximate surface area is 313 Å². The second-order valence-corrected chi connectivity index (χ2v) is 12.6. The van der Waals surface area contributed by atoms with Gasteiger partial charge in [0.15, 0.2) is 34.5 Å². The average Bonchev–Trinajstić information content (AvgIpc) is 3.26. The van der Waals surface area contributed by atoms with Crippen LogP contribution in [0.4, 0.5) is 0 Å². The summed E-state index contributed by atoms with van der Waals surface area (Å²) in [7, 11) is 4.83. The molecule has 6 aromatic rings. The van der Waals surface area contributed by atoms with Crippen molar-refractivity contribution >= 4 is 0 Å². The van der Waals surface area contributed by atoms with Gasteiger partial charge in [-0.3, -0.25) is 0 Å². The maximum absolute atomic E-state index is 9.28. The van der Waals surface area contributed by atoms with Crippen LogP contribution in [-0.2, 0) is 19.3 Å². The monoisotopic (exact) mass is 711 g/mol. The predicted octanol–water partition coefficient (Wildman–Crippen LogP) is 9.79. The summed E-state index contributed by atoms with van der Waals surface area (Å²) in [6.07, 6.45) is 1.64. The van der Waals surface area contributed by atoms with Crippen molar-refractivity contribution in [3.8, 4) is 70.0 Å². The summed E-state index contributed by atoms with van der Waals surface area (Å²) >= 11 is 0. The van der Waals surface area contributed by atoms with E-state index < -0.39 is 0 Å². The molecule has 0 aromatic heterocycles. The van der Waals surface area contributed by atoms with Crippen LogP contribution in [0.1, 0.15) is 50.1 Å². The molecule has 0 atom stereocenters. The summed E-state index contributed by atoms with van der Waals surface area (Å²) in [5.41, 5.74) is 7.74. The Bertz CT molecular complexity index is 2190. The highest BCUT2D eigenvalue weighted by atomic mass is 16.5. The molecule has 0 aliphatic heterocycles. The number of ether oxygens (including phenoxy) is 6. The molecule has 0 heterocycles.